The van der Waals surface area contributed by atoms with Gasteiger partial charge in [0.1, 0.15) is 18.2 Å². The van der Waals surface area contributed by atoms with E-state index in [9.17, 15) is 0 Å². The van der Waals surface area contributed by atoms with Crippen molar-refractivity contribution in [2.45, 2.75) is 47.3 Å². The lowest BCUT2D eigenvalue weighted by Crippen LogP contribution is -2.14. The molecule has 0 aromatic carbocycles. The molecule has 5 heteroatoms. The van der Waals surface area contributed by atoms with Crippen molar-refractivity contribution in [2.24, 2.45) is 10.8 Å². The predicted molar refractivity (Wildman–Crippen MR) is 81.9 cm³/mol. The van der Waals surface area contributed by atoms with E-state index in [1.54, 1.807) is 7.11 Å². The smallest absolute Gasteiger partial charge is 0.158 e. The maximum atomic E-state index is 5.14. The number of ether oxygens (including phenoxy) is 1. The lowest BCUT2D eigenvalue weighted by atomic mass is 10.0. The van der Waals surface area contributed by atoms with Gasteiger partial charge < -0.3 is 15.4 Å². The van der Waals surface area contributed by atoms with Crippen LogP contribution in [-0.2, 0) is 11.3 Å². The third kappa shape index (κ3) is 2.59. The van der Waals surface area contributed by atoms with Crippen molar-refractivity contribution in [2.75, 3.05) is 24.3 Å². The number of methoxy groups -OCH3 is 1. The fraction of sp³-hybridized carbons (Fsp3) is 0.733. The second kappa shape index (κ2) is 5.20. The molecule has 1 aliphatic rings. The highest BCUT2D eigenvalue weighted by molar-refractivity contribution is 5.50. The first kappa shape index (κ1) is 15.0. The van der Waals surface area contributed by atoms with Crippen LogP contribution < -0.4 is 10.6 Å². The summed E-state index contributed by atoms with van der Waals surface area (Å²) in [6.07, 6.45) is 0. The summed E-state index contributed by atoms with van der Waals surface area (Å²) in [5, 5.41) is 6.78. The van der Waals surface area contributed by atoms with Gasteiger partial charge in [-0.1, -0.05) is 27.7 Å². The maximum absolute atomic E-state index is 5.14. The summed E-state index contributed by atoms with van der Waals surface area (Å²) in [5.41, 5.74) is 0.551. The quantitative estimate of drug-likeness (QED) is 0.838. The number of hydrogen-bond donors (Lipinski definition) is 2. The standard InChI is InChI=1S/C15H26N4O/c1-7-16-10-8-11(18-12(17-10)9-20-6)19-13-14(2,3)15(13,4)5/h8,13H,7,9H2,1-6H3,(H2,16,17,18,19). The van der Waals surface area contributed by atoms with E-state index in [2.05, 4.69) is 55.2 Å². The molecule has 1 fully saturated rings. The van der Waals surface area contributed by atoms with Crippen molar-refractivity contribution in [1.82, 2.24) is 9.97 Å². The zero-order valence-electron chi connectivity index (χ0n) is 13.4. The maximum Gasteiger partial charge on any atom is 0.158 e. The van der Waals surface area contributed by atoms with Gasteiger partial charge >= 0.3 is 0 Å². The molecule has 20 heavy (non-hydrogen) atoms. The zero-order chi connectivity index (χ0) is 15.0. The van der Waals surface area contributed by atoms with Crippen LogP contribution in [0.4, 0.5) is 11.6 Å². The molecule has 1 aromatic rings. The van der Waals surface area contributed by atoms with Crippen molar-refractivity contribution in [3.63, 3.8) is 0 Å². The lowest BCUT2D eigenvalue weighted by Gasteiger charge is -2.11. The van der Waals surface area contributed by atoms with Crippen LogP contribution in [0, 0.1) is 10.8 Å². The normalized spacial score (nSPS) is 19.7. The number of aromatic nitrogens is 2. The van der Waals surface area contributed by atoms with Gasteiger partial charge in [-0.05, 0) is 17.8 Å². The Bertz CT molecular complexity index is 447. The fourth-order valence-electron chi connectivity index (χ4n) is 2.74. The minimum absolute atomic E-state index is 0.276. The van der Waals surface area contributed by atoms with Crippen molar-refractivity contribution in [1.29, 1.82) is 0 Å². The van der Waals surface area contributed by atoms with Crippen LogP contribution in [0.1, 0.15) is 40.4 Å². The highest BCUT2D eigenvalue weighted by Gasteiger charge is 2.65. The summed E-state index contributed by atoms with van der Waals surface area (Å²) in [4.78, 5) is 8.96. The summed E-state index contributed by atoms with van der Waals surface area (Å²) in [6, 6.07) is 2.39. The largest absolute Gasteiger partial charge is 0.377 e. The second-order valence-electron chi connectivity index (χ2n) is 6.54. The Morgan fingerprint density at radius 1 is 1.15 bits per heavy atom. The van der Waals surface area contributed by atoms with Gasteiger partial charge in [-0.3, -0.25) is 0 Å². The van der Waals surface area contributed by atoms with E-state index in [1.165, 1.54) is 0 Å². The Labute approximate surface area is 121 Å². The number of nitrogens with zero attached hydrogens (tertiary/aromatic N) is 2. The van der Waals surface area contributed by atoms with Crippen LogP contribution in [0.15, 0.2) is 6.07 Å². The van der Waals surface area contributed by atoms with E-state index >= 15 is 0 Å². The molecule has 0 spiro atoms. The van der Waals surface area contributed by atoms with E-state index in [0.29, 0.717) is 18.5 Å². The average Bonchev–Trinajstić information content (AvgIpc) is 2.72. The fourth-order valence-corrected chi connectivity index (χ4v) is 2.74. The molecule has 0 saturated heterocycles. The van der Waals surface area contributed by atoms with Gasteiger partial charge in [-0.15, -0.1) is 0 Å². The molecular weight excluding hydrogens is 252 g/mol. The number of rotatable bonds is 6. The molecule has 1 heterocycles. The minimum atomic E-state index is 0.276. The number of nitrogens with one attached hydrogen (secondary N) is 2. The molecule has 112 valence electrons. The molecule has 0 atom stereocenters. The predicted octanol–water partition coefficient (Wildman–Crippen LogP) is 2.90. The van der Waals surface area contributed by atoms with Crippen LogP contribution in [0.25, 0.3) is 0 Å². The summed E-state index contributed by atoms with van der Waals surface area (Å²) in [6.45, 7) is 12.5. The molecule has 1 aliphatic carbocycles. The van der Waals surface area contributed by atoms with Crippen LogP contribution in [0.5, 0.6) is 0 Å². The molecule has 0 amide bonds. The van der Waals surface area contributed by atoms with Gasteiger partial charge in [0.15, 0.2) is 5.82 Å². The molecule has 0 radical (unpaired) electrons. The van der Waals surface area contributed by atoms with Crippen molar-refractivity contribution < 1.29 is 4.74 Å². The van der Waals surface area contributed by atoms with E-state index in [4.69, 9.17) is 4.74 Å². The molecule has 1 saturated carbocycles. The zero-order valence-corrected chi connectivity index (χ0v) is 13.4. The first-order valence-corrected chi connectivity index (χ1v) is 7.20. The second-order valence-corrected chi connectivity index (χ2v) is 6.54. The Morgan fingerprint density at radius 2 is 1.75 bits per heavy atom. The summed E-state index contributed by atoms with van der Waals surface area (Å²) in [7, 11) is 1.66. The molecule has 1 aromatic heterocycles. The Balaban J connectivity index is 2.19. The van der Waals surface area contributed by atoms with Gasteiger partial charge in [0, 0.05) is 25.8 Å². The highest BCUT2D eigenvalue weighted by Crippen LogP contribution is 2.63. The molecule has 5 nitrogen and oxygen atoms in total. The van der Waals surface area contributed by atoms with Gasteiger partial charge in [0.2, 0.25) is 0 Å². The number of hydrogen-bond acceptors (Lipinski definition) is 5. The lowest BCUT2D eigenvalue weighted by molar-refractivity contribution is 0.178. The average molecular weight is 278 g/mol. The highest BCUT2D eigenvalue weighted by atomic mass is 16.5. The van der Waals surface area contributed by atoms with Crippen molar-refractivity contribution >= 4 is 11.6 Å². The topological polar surface area (TPSA) is 59.1 Å². The van der Waals surface area contributed by atoms with E-state index < -0.39 is 0 Å². The monoisotopic (exact) mass is 278 g/mol. The first-order chi connectivity index (χ1) is 9.32. The van der Waals surface area contributed by atoms with E-state index in [1.807, 2.05) is 6.07 Å². The van der Waals surface area contributed by atoms with Crippen LogP contribution >= 0.6 is 0 Å². The van der Waals surface area contributed by atoms with Crippen molar-refractivity contribution in [3.05, 3.63) is 11.9 Å². The van der Waals surface area contributed by atoms with E-state index in [-0.39, 0.29) is 10.8 Å². The molecule has 0 bridgehead atoms. The summed E-state index contributed by atoms with van der Waals surface area (Å²) < 4.78 is 5.14. The summed E-state index contributed by atoms with van der Waals surface area (Å²) >= 11 is 0. The Kier molecular flexibility index (Phi) is 3.91. The first-order valence-electron chi connectivity index (χ1n) is 7.20. The summed E-state index contributed by atoms with van der Waals surface area (Å²) in [5.74, 6) is 2.41. The SMILES string of the molecule is CCNc1cc(NC2C(C)(C)C2(C)C)nc(COC)n1. The molecule has 2 rings (SSSR count). The molecule has 0 aliphatic heterocycles. The van der Waals surface area contributed by atoms with Crippen LogP contribution in [0.2, 0.25) is 0 Å². The molecule has 2 N–H and O–H groups in total. The van der Waals surface area contributed by atoms with E-state index in [0.717, 1.165) is 18.2 Å². The van der Waals surface area contributed by atoms with Gasteiger partial charge in [-0.2, -0.15) is 0 Å². The van der Waals surface area contributed by atoms with Gasteiger partial charge in [0.25, 0.3) is 0 Å². The van der Waals surface area contributed by atoms with Crippen molar-refractivity contribution in [3.8, 4) is 0 Å². The van der Waals surface area contributed by atoms with Crippen LogP contribution in [-0.4, -0.2) is 29.7 Å². The minimum Gasteiger partial charge on any atom is -0.377 e. The molecule has 0 unspecified atom stereocenters. The van der Waals surface area contributed by atoms with Gasteiger partial charge in [0.05, 0.1) is 0 Å². The Hall–Kier alpha value is -1.36. The van der Waals surface area contributed by atoms with Crippen LogP contribution in [0.3, 0.4) is 0 Å². The Morgan fingerprint density at radius 3 is 2.25 bits per heavy atom. The third-order valence-corrected chi connectivity index (χ3v) is 4.72. The van der Waals surface area contributed by atoms with Gasteiger partial charge in [-0.25, -0.2) is 9.97 Å². The third-order valence-electron chi connectivity index (χ3n) is 4.72. The number of anilines is 2. The molecular formula is C15H26N4O.